The second kappa shape index (κ2) is 18.0. The fourth-order valence-corrected chi connectivity index (χ4v) is 10.1. The number of nitro groups is 1. The molecule has 0 saturated carbocycles. The summed E-state index contributed by atoms with van der Waals surface area (Å²) < 4.78 is 79.8. The molecule has 17 heteroatoms. The second-order valence-corrected chi connectivity index (χ2v) is 19.8. The Labute approximate surface area is 369 Å². The molecule has 0 spiro atoms. The van der Waals surface area contributed by atoms with E-state index in [-0.39, 0.29) is 33.2 Å². The largest absolute Gasteiger partial charge is 0.455 e. The van der Waals surface area contributed by atoms with E-state index < -0.39 is 43.7 Å². The Kier molecular flexibility index (Phi) is 12.6. The number of hydrogen-bond acceptors (Lipinski definition) is 11. The van der Waals surface area contributed by atoms with Gasteiger partial charge in [-0.1, -0.05) is 25.5 Å². The normalized spacial score (nSPS) is 18.4. The lowest BCUT2D eigenvalue weighted by molar-refractivity contribution is -0.384. The molecule has 0 bridgehead atoms. The molecular weight excluding hydrogens is 850 g/mol. The predicted molar refractivity (Wildman–Crippen MR) is 239 cm³/mol. The van der Waals surface area contributed by atoms with Gasteiger partial charge in [-0.3, -0.25) is 19.8 Å². The minimum atomic E-state index is -4.41. The number of halogens is 3. The number of Topliss-reactive ketones (excluding diaryl/α,β-unsaturated/α-hetero) is 1. The van der Waals surface area contributed by atoms with Gasteiger partial charge in [0.1, 0.15) is 28.6 Å². The van der Waals surface area contributed by atoms with Crippen molar-refractivity contribution in [3.8, 4) is 11.5 Å². The number of allylic oxidation sites excluding steroid dienone is 1. The molecule has 1 atom stereocenters. The van der Waals surface area contributed by atoms with Gasteiger partial charge in [0.15, 0.2) is 15.6 Å². The molecular formula is C47H51F3N6O7S. The quantitative estimate of drug-likeness (QED) is 0.0621. The number of anilines is 2. The monoisotopic (exact) mass is 900 g/mol. The third-order valence-electron chi connectivity index (χ3n) is 12.5. The van der Waals surface area contributed by atoms with Crippen LogP contribution in [0.5, 0.6) is 11.5 Å². The van der Waals surface area contributed by atoms with E-state index in [1.54, 1.807) is 43.5 Å². The van der Waals surface area contributed by atoms with Crippen LogP contribution in [0.15, 0.2) is 89.6 Å². The lowest BCUT2D eigenvalue weighted by Crippen LogP contribution is -2.47. The fourth-order valence-electron chi connectivity index (χ4n) is 8.87. The van der Waals surface area contributed by atoms with Crippen LogP contribution in [-0.4, -0.2) is 92.2 Å². The highest BCUT2D eigenvalue weighted by Crippen LogP contribution is 2.45. The van der Waals surface area contributed by atoms with Crippen molar-refractivity contribution in [3.05, 3.63) is 117 Å². The number of pyridine rings is 1. The number of alkyl halides is 3. The van der Waals surface area contributed by atoms with E-state index >= 15 is 0 Å². The Morgan fingerprint density at radius 3 is 2.58 bits per heavy atom. The Balaban J connectivity index is 1.01. The molecule has 0 amide bonds. The van der Waals surface area contributed by atoms with Crippen LogP contribution in [-0.2, 0) is 20.8 Å². The van der Waals surface area contributed by atoms with E-state index in [0.717, 1.165) is 54.0 Å². The maximum absolute atomic E-state index is 14.0. The summed E-state index contributed by atoms with van der Waals surface area (Å²) in [4.78, 5) is 37.0. The number of carbonyl (C=O) groups excluding carboxylic acids is 1. The van der Waals surface area contributed by atoms with Crippen molar-refractivity contribution in [2.24, 2.45) is 11.3 Å². The minimum Gasteiger partial charge on any atom is -0.455 e. The Bertz CT molecular complexity index is 2720. The van der Waals surface area contributed by atoms with Crippen LogP contribution >= 0.6 is 0 Å². The predicted octanol–water partition coefficient (Wildman–Crippen LogP) is 9.48. The maximum atomic E-state index is 14.0. The SMILES string of the molecule is Cc1cc(C(F)(F)F)ccc1C1=C(CN2CCN(c3ccc(C(=O)CS(=O)(=O)c4ccc(NC[C@@H]5CCOC5)c([N+](=O)[O-])c4)c(Oc4cnc5[nH]ccc5c4)c3)CC2)CCC(C)(C)C1. The molecule has 0 unspecified atom stereocenters. The number of hydrogen-bond donors (Lipinski definition) is 2. The van der Waals surface area contributed by atoms with Gasteiger partial charge in [-0.25, -0.2) is 13.4 Å². The number of benzene rings is 3. The number of sulfone groups is 1. The molecule has 1 aliphatic carbocycles. The van der Waals surface area contributed by atoms with E-state index in [2.05, 4.69) is 38.9 Å². The molecule has 5 aromatic rings. The highest BCUT2D eigenvalue weighted by Gasteiger charge is 2.34. The molecule has 4 heterocycles. The smallest absolute Gasteiger partial charge is 0.416 e. The number of aromatic amines is 1. The van der Waals surface area contributed by atoms with Crippen molar-refractivity contribution in [2.75, 3.05) is 68.5 Å². The molecule has 2 saturated heterocycles. The zero-order valence-corrected chi connectivity index (χ0v) is 36.8. The average Bonchev–Trinajstić information content (AvgIpc) is 3.96. The molecule has 3 aromatic carbocycles. The van der Waals surface area contributed by atoms with Crippen LogP contribution in [0.2, 0.25) is 0 Å². The number of aryl methyl sites for hydroxylation is 1. The summed E-state index contributed by atoms with van der Waals surface area (Å²) >= 11 is 0. The van der Waals surface area contributed by atoms with Gasteiger partial charge < -0.3 is 24.7 Å². The van der Waals surface area contributed by atoms with Gasteiger partial charge >= 0.3 is 6.18 Å². The number of nitro benzene ring substituents is 1. The standard InChI is InChI=1S/C47H51F3N6O7S/c1-30-20-34(47(48,49)50)4-7-38(30)40-24-46(2,3)13-10-33(40)27-54-15-17-55(18-16-54)35-5-8-39(44(22-35)63-36-21-32-11-14-51-45(32)53-26-36)43(57)29-64(60,61)37-6-9-41(42(23-37)56(58)59)52-25-31-12-19-62-28-31/h4-9,11,14,20-23,26,31,52H,10,12-13,15-19,24-25,27-29H2,1-3H3,(H,51,53)/t31-/m0/s1. The zero-order chi connectivity index (χ0) is 45.4. The number of ketones is 1. The van der Waals surface area contributed by atoms with Gasteiger partial charge in [0.2, 0.25) is 0 Å². The summed E-state index contributed by atoms with van der Waals surface area (Å²) in [7, 11) is -4.35. The van der Waals surface area contributed by atoms with Crippen molar-refractivity contribution in [1.82, 2.24) is 14.9 Å². The molecule has 3 aliphatic rings. The summed E-state index contributed by atoms with van der Waals surface area (Å²) in [5.74, 6) is -1.08. The van der Waals surface area contributed by atoms with Crippen LogP contribution in [0.3, 0.4) is 0 Å². The highest BCUT2D eigenvalue weighted by molar-refractivity contribution is 7.92. The van der Waals surface area contributed by atoms with Crippen LogP contribution in [0, 0.1) is 28.4 Å². The van der Waals surface area contributed by atoms with Crippen molar-refractivity contribution in [1.29, 1.82) is 0 Å². The first-order chi connectivity index (χ1) is 30.4. The van der Waals surface area contributed by atoms with Gasteiger partial charge in [-0.15, -0.1) is 0 Å². The molecule has 2 aliphatic heterocycles. The molecule has 2 N–H and O–H groups in total. The van der Waals surface area contributed by atoms with Crippen molar-refractivity contribution in [2.45, 2.75) is 57.5 Å². The van der Waals surface area contributed by atoms with E-state index in [9.17, 15) is 36.5 Å². The van der Waals surface area contributed by atoms with E-state index in [1.165, 1.54) is 36.0 Å². The summed E-state index contributed by atoms with van der Waals surface area (Å²) in [5.41, 5.74) is 4.39. The first-order valence-corrected chi connectivity index (χ1v) is 23.1. The van der Waals surface area contributed by atoms with Crippen LogP contribution in [0.25, 0.3) is 16.6 Å². The van der Waals surface area contributed by atoms with Crippen molar-refractivity contribution < 1.29 is 40.8 Å². The first-order valence-electron chi connectivity index (χ1n) is 21.4. The molecule has 13 nitrogen and oxygen atoms in total. The number of rotatable bonds is 14. The third kappa shape index (κ3) is 10.1. The number of carbonyl (C=O) groups is 1. The Morgan fingerprint density at radius 2 is 1.86 bits per heavy atom. The molecule has 0 radical (unpaired) electrons. The van der Waals surface area contributed by atoms with Crippen LogP contribution in [0.4, 0.5) is 30.2 Å². The summed E-state index contributed by atoms with van der Waals surface area (Å²) in [6.45, 7) is 11.1. The molecule has 8 rings (SSSR count). The second-order valence-electron chi connectivity index (χ2n) is 17.8. The Morgan fingerprint density at radius 1 is 1.06 bits per heavy atom. The lowest BCUT2D eigenvalue weighted by atomic mass is 9.72. The molecule has 2 fully saturated rings. The van der Waals surface area contributed by atoms with E-state index in [1.807, 2.05) is 6.07 Å². The topological polar surface area (TPSA) is 160 Å². The average molecular weight is 901 g/mol. The zero-order valence-electron chi connectivity index (χ0n) is 36.0. The van der Waals surface area contributed by atoms with E-state index in [0.29, 0.717) is 69.4 Å². The molecule has 64 heavy (non-hydrogen) atoms. The number of piperazine rings is 1. The van der Waals surface area contributed by atoms with Gasteiger partial charge in [0.25, 0.3) is 5.69 Å². The number of ether oxygens (including phenoxy) is 2. The Hall–Kier alpha value is -5.78. The van der Waals surface area contributed by atoms with Crippen LogP contribution in [0.1, 0.15) is 66.6 Å². The number of aromatic nitrogens is 2. The lowest BCUT2D eigenvalue weighted by Gasteiger charge is -2.39. The third-order valence-corrected chi connectivity index (χ3v) is 14.2. The van der Waals surface area contributed by atoms with E-state index in [4.69, 9.17) is 9.47 Å². The fraction of sp³-hybridized carbons (Fsp3) is 0.404. The maximum Gasteiger partial charge on any atom is 0.416 e. The number of nitrogens with zero attached hydrogens (tertiary/aromatic N) is 4. The summed E-state index contributed by atoms with van der Waals surface area (Å²) in [6, 6.07) is 16.2. The van der Waals surface area contributed by atoms with Gasteiger partial charge in [0, 0.05) is 81.2 Å². The summed E-state index contributed by atoms with van der Waals surface area (Å²) in [5, 5.41) is 15.9. The number of fused-ring (bicyclic) bond motifs is 1. The van der Waals surface area contributed by atoms with Crippen molar-refractivity contribution in [3.63, 3.8) is 0 Å². The van der Waals surface area contributed by atoms with Gasteiger partial charge in [-0.05, 0) is 103 Å². The summed E-state index contributed by atoms with van der Waals surface area (Å²) in [6.07, 6.45) is 2.26. The number of nitrogens with one attached hydrogen (secondary N) is 2. The van der Waals surface area contributed by atoms with Crippen LogP contribution < -0.4 is 15.0 Å². The minimum absolute atomic E-state index is 0.0162. The van der Waals surface area contributed by atoms with Gasteiger partial charge in [-0.2, -0.15) is 13.2 Å². The van der Waals surface area contributed by atoms with Crippen molar-refractivity contribution >= 4 is 49.3 Å². The highest BCUT2D eigenvalue weighted by atomic mass is 32.2. The molecule has 2 aromatic heterocycles. The van der Waals surface area contributed by atoms with Gasteiger partial charge in [0.05, 0.1) is 33.7 Å². The number of H-pyrrole nitrogens is 1. The molecule has 338 valence electrons. The first kappa shape index (κ1) is 44.8.